The van der Waals surface area contributed by atoms with E-state index in [4.69, 9.17) is 9.15 Å². The molecule has 1 amide bonds. The van der Waals surface area contributed by atoms with Crippen LogP contribution in [0.15, 0.2) is 59.0 Å². The Morgan fingerprint density at radius 2 is 1.73 bits per heavy atom. The second-order valence-electron chi connectivity index (χ2n) is 8.76. The zero-order valence-electron chi connectivity index (χ0n) is 18.6. The normalized spacial score (nSPS) is 20.8. The van der Waals surface area contributed by atoms with Gasteiger partial charge in [0.1, 0.15) is 0 Å². The smallest absolute Gasteiger partial charge is 0.310 e. The van der Waals surface area contributed by atoms with Crippen LogP contribution in [0.3, 0.4) is 0 Å². The number of benzene rings is 2. The van der Waals surface area contributed by atoms with E-state index in [2.05, 4.69) is 16.3 Å². The predicted molar refractivity (Wildman–Crippen MR) is 122 cm³/mol. The van der Waals surface area contributed by atoms with Gasteiger partial charge in [0.05, 0.1) is 11.8 Å². The van der Waals surface area contributed by atoms with Crippen molar-refractivity contribution < 1.29 is 18.7 Å². The van der Waals surface area contributed by atoms with Crippen molar-refractivity contribution >= 4 is 17.6 Å². The number of hydrogen-bond acceptors (Lipinski definition) is 6. The highest BCUT2D eigenvalue weighted by molar-refractivity contribution is 5.99. The van der Waals surface area contributed by atoms with Gasteiger partial charge in [-0.15, -0.1) is 10.2 Å². The number of aromatic nitrogens is 2. The highest BCUT2D eigenvalue weighted by Crippen LogP contribution is 2.37. The minimum absolute atomic E-state index is 0.0263. The van der Waals surface area contributed by atoms with E-state index < -0.39 is 12.0 Å². The Kier molecular flexibility index (Phi) is 5.94. The Bertz CT molecular complexity index is 1140. The predicted octanol–water partition coefficient (Wildman–Crippen LogP) is 4.74. The molecule has 2 heterocycles. The summed E-state index contributed by atoms with van der Waals surface area (Å²) in [5.41, 5.74) is 2.95. The summed E-state index contributed by atoms with van der Waals surface area (Å²) in [6.45, 7) is 2.38. The van der Waals surface area contributed by atoms with Crippen molar-refractivity contribution in [1.29, 1.82) is 0 Å². The molecular formula is C26H27N3O4. The molecule has 0 saturated heterocycles. The van der Waals surface area contributed by atoms with Gasteiger partial charge < -0.3 is 14.1 Å². The summed E-state index contributed by atoms with van der Waals surface area (Å²) in [5, 5.41) is 8.14. The third-order valence-electron chi connectivity index (χ3n) is 6.64. The number of esters is 1. The molecule has 33 heavy (non-hydrogen) atoms. The van der Waals surface area contributed by atoms with Crippen LogP contribution in [0, 0.1) is 11.8 Å². The summed E-state index contributed by atoms with van der Waals surface area (Å²) in [6, 6.07) is 17.4. The second-order valence-corrected chi connectivity index (χ2v) is 8.76. The molecule has 0 N–H and O–H groups in total. The topological polar surface area (TPSA) is 85.5 Å². The molecule has 0 bridgehead atoms. The van der Waals surface area contributed by atoms with Gasteiger partial charge in [0.2, 0.25) is 11.8 Å². The Morgan fingerprint density at radius 3 is 2.55 bits per heavy atom. The Morgan fingerprint density at radius 1 is 1.00 bits per heavy atom. The van der Waals surface area contributed by atoms with Gasteiger partial charge in [-0.2, -0.15) is 0 Å². The fourth-order valence-electron chi connectivity index (χ4n) is 4.88. The van der Waals surface area contributed by atoms with Gasteiger partial charge in [0.15, 0.2) is 6.10 Å². The Balaban J connectivity index is 1.28. The minimum atomic E-state index is -0.687. The molecule has 3 atom stereocenters. The molecule has 2 aromatic carbocycles. The average Bonchev–Trinajstić information content (AvgIpc) is 3.52. The number of fused-ring (bicyclic) bond motifs is 1. The molecule has 170 valence electrons. The maximum absolute atomic E-state index is 13.5. The summed E-state index contributed by atoms with van der Waals surface area (Å²) in [6.07, 6.45) is 3.36. The molecule has 0 radical (unpaired) electrons. The van der Waals surface area contributed by atoms with E-state index in [1.54, 1.807) is 6.92 Å². The molecule has 1 fully saturated rings. The maximum atomic E-state index is 13.5. The number of anilines is 1. The van der Waals surface area contributed by atoms with Gasteiger partial charge in [-0.05, 0) is 49.9 Å². The van der Waals surface area contributed by atoms with Crippen molar-refractivity contribution in [2.45, 2.75) is 45.1 Å². The second kappa shape index (κ2) is 9.17. The first-order chi connectivity index (χ1) is 16.1. The number of carbonyl (C=O) groups excluding carboxylic acids is 2. The molecule has 0 spiro atoms. The van der Waals surface area contributed by atoms with Crippen LogP contribution in [0.2, 0.25) is 0 Å². The van der Waals surface area contributed by atoms with Crippen molar-refractivity contribution in [2.24, 2.45) is 11.8 Å². The van der Waals surface area contributed by atoms with Gasteiger partial charge in [0, 0.05) is 17.8 Å². The van der Waals surface area contributed by atoms with Crippen molar-refractivity contribution in [3.8, 4) is 11.5 Å². The van der Waals surface area contributed by atoms with E-state index in [9.17, 15) is 9.59 Å². The molecule has 1 aliphatic heterocycles. The standard InChI is InChI=1S/C26H27N3O4/c1-17(23-27-28-24(33-23)19-10-3-2-4-11-19)32-26(31)21-13-7-6-12-20(21)25(30)29-16-15-18-9-5-8-14-22(18)29/h2-5,8-11,14,17,20-21H,6-7,12-13,15-16H2,1H3. The van der Waals surface area contributed by atoms with E-state index in [1.807, 2.05) is 53.4 Å². The van der Waals surface area contributed by atoms with Crippen molar-refractivity contribution in [3.05, 3.63) is 66.1 Å². The summed E-state index contributed by atoms with van der Waals surface area (Å²) < 4.78 is 11.5. The number of carbonyl (C=O) groups is 2. The molecule has 5 rings (SSSR count). The third kappa shape index (κ3) is 4.27. The van der Waals surface area contributed by atoms with Crippen LogP contribution in [0.1, 0.15) is 50.2 Å². The zero-order valence-corrected chi connectivity index (χ0v) is 18.6. The lowest BCUT2D eigenvalue weighted by molar-refractivity contribution is -0.160. The molecule has 1 saturated carbocycles. The molecule has 3 unspecified atom stereocenters. The first kappa shape index (κ1) is 21.4. The van der Waals surface area contributed by atoms with Crippen molar-refractivity contribution in [1.82, 2.24) is 10.2 Å². The summed E-state index contributed by atoms with van der Waals surface area (Å²) >= 11 is 0. The quantitative estimate of drug-likeness (QED) is 0.528. The molecular weight excluding hydrogens is 418 g/mol. The molecule has 2 aliphatic rings. The molecule has 7 nitrogen and oxygen atoms in total. The Labute approximate surface area is 192 Å². The van der Waals surface area contributed by atoms with E-state index in [-0.39, 0.29) is 23.7 Å². The van der Waals surface area contributed by atoms with E-state index in [1.165, 1.54) is 5.56 Å². The summed E-state index contributed by atoms with van der Waals surface area (Å²) in [5.74, 6) is -0.544. The molecule has 1 aliphatic carbocycles. The van der Waals surface area contributed by atoms with Gasteiger partial charge in [0.25, 0.3) is 5.89 Å². The zero-order chi connectivity index (χ0) is 22.8. The van der Waals surface area contributed by atoms with Gasteiger partial charge in [-0.25, -0.2) is 0 Å². The summed E-state index contributed by atoms with van der Waals surface area (Å²) in [4.78, 5) is 28.5. The van der Waals surface area contributed by atoms with Crippen LogP contribution in [0.5, 0.6) is 0 Å². The SMILES string of the molecule is CC(OC(=O)C1CCCCC1C(=O)N1CCc2ccccc21)c1nnc(-c2ccccc2)o1. The molecule has 3 aromatic rings. The first-order valence-corrected chi connectivity index (χ1v) is 11.6. The van der Waals surface area contributed by atoms with Gasteiger partial charge in [-0.3, -0.25) is 9.59 Å². The van der Waals surface area contributed by atoms with Gasteiger partial charge >= 0.3 is 5.97 Å². The number of hydrogen-bond donors (Lipinski definition) is 0. The number of nitrogens with zero attached hydrogens (tertiary/aromatic N) is 3. The lowest BCUT2D eigenvalue weighted by Gasteiger charge is -2.32. The largest absolute Gasteiger partial charge is 0.452 e. The van der Waals surface area contributed by atoms with Crippen molar-refractivity contribution in [3.63, 3.8) is 0 Å². The lowest BCUT2D eigenvalue weighted by atomic mass is 9.78. The van der Waals surface area contributed by atoms with Crippen LogP contribution in [-0.4, -0.2) is 28.6 Å². The monoisotopic (exact) mass is 445 g/mol. The fraction of sp³-hybridized carbons (Fsp3) is 0.385. The number of amides is 1. The summed E-state index contributed by atoms with van der Waals surface area (Å²) in [7, 11) is 0. The van der Waals surface area contributed by atoms with Crippen LogP contribution in [0.25, 0.3) is 11.5 Å². The number of para-hydroxylation sites is 1. The van der Waals surface area contributed by atoms with E-state index in [0.29, 0.717) is 25.3 Å². The fourth-order valence-corrected chi connectivity index (χ4v) is 4.88. The average molecular weight is 446 g/mol. The minimum Gasteiger partial charge on any atom is -0.452 e. The lowest BCUT2D eigenvalue weighted by Crippen LogP contribution is -2.42. The van der Waals surface area contributed by atoms with Crippen LogP contribution >= 0.6 is 0 Å². The maximum Gasteiger partial charge on any atom is 0.310 e. The van der Waals surface area contributed by atoms with E-state index in [0.717, 1.165) is 30.5 Å². The first-order valence-electron chi connectivity index (χ1n) is 11.6. The highest BCUT2D eigenvalue weighted by Gasteiger charge is 2.41. The highest BCUT2D eigenvalue weighted by atomic mass is 16.6. The van der Waals surface area contributed by atoms with Crippen LogP contribution in [0.4, 0.5) is 5.69 Å². The van der Waals surface area contributed by atoms with Crippen LogP contribution < -0.4 is 4.90 Å². The van der Waals surface area contributed by atoms with Crippen LogP contribution in [-0.2, 0) is 20.7 Å². The Hall–Kier alpha value is -3.48. The number of rotatable bonds is 5. The molecule has 7 heteroatoms. The van der Waals surface area contributed by atoms with E-state index >= 15 is 0 Å². The molecule has 1 aromatic heterocycles. The van der Waals surface area contributed by atoms with Crippen molar-refractivity contribution in [2.75, 3.05) is 11.4 Å². The van der Waals surface area contributed by atoms with Gasteiger partial charge in [-0.1, -0.05) is 49.2 Å². The third-order valence-corrected chi connectivity index (χ3v) is 6.64. The number of ether oxygens (including phenoxy) is 1.